The van der Waals surface area contributed by atoms with Gasteiger partial charge in [-0.3, -0.25) is 9.78 Å². The molecule has 0 fully saturated rings. The van der Waals surface area contributed by atoms with Crippen molar-refractivity contribution in [1.82, 2.24) is 10.3 Å². The molecule has 0 amide bonds. The van der Waals surface area contributed by atoms with Crippen LogP contribution in [0.5, 0.6) is 0 Å². The minimum atomic E-state index is 0.615. The molecule has 30 heavy (non-hydrogen) atoms. The highest BCUT2D eigenvalue weighted by Gasteiger charge is 2.09. The van der Waals surface area contributed by atoms with Crippen LogP contribution >= 0.6 is 0 Å². The van der Waals surface area contributed by atoms with E-state index in [1.807, 2.05) is 36.7 Å². The van der Waals surface area contributed by atoms with Crippen LogP contribution in [0.3, 0.4) is 0 Å². The van der Waals surface area contributed by atoms with Gasteiger partial charge in [-0.1, -0.05) is 49.6 Å². The van der Waals surface area contributed by atoms with Crippen molar-refractivity contribution in [3.05, 3.63) is 77.1 Å². The SMILES string of the molecule is C#Cc1ccc2cc(CCCC(CCC)CNCc3cccnc3)ccc2c1C=O. The number of terminal acetylenes is 1. The average molecular weight is 399 g/mol. The van der Waals surface area contributed by atoms with Crippen molar-refractivity contribution in [3.8, 4) is 12.3 Å². The number of nitrogens with one attached hydrogen (secondary N) is 1. The van der Waals surface area contributed by atoms with Crippen molar-refractivity contribution >= 4 is 17.1 Å². The Morgan fingerprint density at radius 1 is 1.17 bits per heavy atom. The summed E-state index contributed by atoms with van der Waals surface area (Å²) in [7, 11) is 0. The number of hydrogen-bond donors (Lipinski definition) is 1. The zero-order valence-electron chi connectivity index (χ0n) is 17.7. The van der Waals surface area contributed by atoms with Crippen LogP contribution in [0.25, 0.3) is 10.8 Å². The molecule has 0 aliphatic heterocycles. The smallest absolute Gasteiger partial charge is 0.151 e. The second-order valence-electron chi connectivity index (χ2n) is 7.88. The number of hydrogen-bond acceptors (Lipinski definition) is 3. The molecule has 0 aliphatic rings. The van der Waals surface area contributed by atoms with Gasteiger partial charge in [0.1, 0.15) is 0 Å². The van der Waals surface area contributed by atoms with Gasteiger partial charge in [0.25, 0.3) is 0 Å². The van der Waals surface area contributed by atoms with Crippen molar-refractivity contribution in [2.45, 2.75) is 45.6 Å². The summed E-state index contributed by atoms with van der Waals surface area (Å²) < 4.78 is 0. The largest absolute Gasteiger partial charge is 0.312 e. The van der Waals surface area contributed by atoms with Crippen molar-refractivity contribution in [2.75, 3.05) is 6.54 Å². The average Bonchev–Trinajstić information content (AvgIpc) is 2.78. The summed E-state index contributed by atoms with van der Waals surface area (Å²) in [5, 5.41) is 5.61. The van der Waals surface area contributed by atoms with E-state index in [0.717, 1.165) is 43.0 Å². The fourth-order valence-corrected chi connectivity index (χ4v) is 4.09. The van der Waals surface area contributed by atoms with Gasteiger partial charge in [0.2, 0.25) is 0 Å². The van der Waals surface area contributed by atoms with Gasteiger partial charge < -0.3 is 5.32 Å². The van der Waals surface area contributed by atoms with E-state index in [1.165, 1.54) is 30.4 Å². The summed E-state index contributed by atoms with van der Waals surface area (Å²) in [6.45, 7) is 4.17. The third-order valence-electron chi connectivity index (χ3n) is 5.66. The van der Waals surface area contributed by atoms with E-state index < -0.39 is 0 Å². The lowest BCUT2D eigenvalue weighted by Gasteiger charge is -2.17. The first-order chi connectivity index (χ1) is 14.7. The zero-order chi connectivity index (χ0) is 21.2. The zero-order valence-corrected chi connectivity index (χ0v) is 17.7. The third-order valence-corrected chi connectivity index (χ3v) is 5.66. The Morgan fingerprint density at radius 3 is 2.80 bits per heavy atom. The lowest BCUT2D eigenvalue weighted by molar-refractivity contribution is 0.112. The van der Waals surface area contributed by atoms with Crippen LogP contribution < -0.4 is 5.32 Å². The van der Waals surface area contributed by atoms with Gasteiger partial charge in [-0.25, -0.2) is 0 Å². The van der Waals surface area contributed by atoms with E-state index >= 15 is 0 Å². The van der Waals surface area contributed by atoms with Crippen LogP contribution in [0.4, 0.5) is 0 Å². The van der Waals surface area contributed by atoms with E-state index in [-0.39, 0.29) is 0 Å². The molecule has 0 aliphatic carbocycles. The highest BCUT2D eigenvalue weighted by atomic mass is 16.1. The van der Waals surface area contributed by atoms with Crippen LogP contribution in [0.15, 0.2) is 54.9 Å². The van der Waals surface area contributed by atoms with Crippen LogP contribution in [-0.4, -0.2) is 17.8 Å². The molecule has 0 radical (unpaired) electrons. The van der Waals surface area contributed by atoms with E-state index in [4.69, 9.17) is 6.42 Å². The number of aldehydes is 1. The molecule has 1 N–H and O–H groups in total. The summed E-state index contributed by atoms with van der Waals surface area (Å²) in [6.07, 6.45) is 16.0. The molecular weight excluding hydrogens is 368 g/mol. The maximum Gasteiger partial charge on any atom is 0.151 e. The topological polar surface area (TPSA) is 42.0 Å². The number of nitrogens with zero attached hydrogens (tertiary/aromatic N) is 1. The molecule has 0 bridgehead atoms. The maximum atomic E-state index is 11.5. The van der Waals surface area contributed by atoms with Gasteiger partial charge in [0, 0.05) is 30.1 Å². The summed E-state index contributed by atoms with van der Waals surface area (Å²) in [4.78, 5) is 15.6. The van der Waals surface area contributed by atoms with Crippen molar-refractivity contribution < 1.29 is 4.79 Å². The first-order valence-electron chi connectivity index (χ1n) is 10.8. The molecule has 2 aromatic carbocycles. The molecule has 154 valence electrons. The molecule has 0 spiro atoms. The molecule has 3 rings (SSSR count). The van der Waals surface area contributed by atoms with Crippen LogP contribution in [0.1, 0.15) is 59.7 Å². The highest BCUT2D eigenvalue weighted by molar-refractivity contribution is 6.00. The predicted molar refractivity (Wildman–Crippen MR) is 125 cm³/mol. The van der Waals surface area contributed by atoms with Crippen molar-refractivity contribution in [3.63, 3.8) is 0 Å². The summed E-state index contributed by atoms with van der Waals surface area (Å²) in [5.41, 5.74) is 3.81. The lowest BCUT2D eigenvalue weighted by Crippen LogP contribution is -2.22. The molecule has 3 nitrogen and oxygen atoms in total. The van der Waals surface area contributed by atoms with Crippen LogP contribution in [0, 0.1) is 18.3 Å². The van der Waals surface area contributed by atoms with E-state index in [2.05, 4.69) is 41.3 Å². The minimum Gasteiger partial charge on any atom is -0.312 e. The van der Waals surface area contributed by atoms with Crippen LogP contribution in [-0.2, 0) is 13.0 Å². The van der Waals surface area contributed by atoms with E-state index in [9.17, 15) is 4.79 Å². The number of aryl methyl sites for hydroxylation is 1. The van der Waals surface area contributed by atoms with Gasteiger partial charge in [0.05, 0.1) is 0 Å². The number of carbonyl (C=O) groups excluding carboxylic acids is 1. The Labute approximate surface area is 179 Å². The van der Waals surface area contributed by atoms with Crippen molar-refractivity contribution in [1.29, 1.82) is 0 Å². The molecule has 1 unspecified atom stereocenters. The van der Waals surface area contributed by atoms with Gasteiger partial charge in [0.15, 0.2) is 6.29 Å². The van der Waals surface area contributed by atoms with Crippen LogP contribution in [0.2, 0.25) is 0 Å². The number of benzene rings is 2. The third kappa shape index (κ3) is 5.78. The molecule has 1 aromatic heterocycles. The van der Waals surface area contributed by atoms with Gasteiger partial charge in [-0.2, -0.15) is 0 Å². The fourth-order valence-electron chi connectivity index (χ4n) is 4.09. The standard InChI is InChI=1S/C27H30N2O/c1-3-7-22(17-29-19-23-10-6-15-28-18-23)9-5-8-21-11-14-26-25(16-21)13-12-24(4-2)27(26)20-30/h2,6,10-16,18,20,22,29H,3,5,7-9,17,19H2,1H3. The Hall–Kier alpha value is -2.96. The Balaban J connectivity index is 1.54. The molecule has 3 aromatic rings. The van der Waals surface area contributed by atoms with Crippen molar-refractivity contribution in [2.24, 2.45) is 5.92 Å². The van der Waals surface area contributed by atoms with E-state index in [0.29, 0.717) is 17.0 Å². The quantitative estimate of drug-likeness (QED) is 0.340. The monoisotopic (exact) mass is 398 g/mol. The molecule has 0 saturated carbocycles. The normalized spacial score (nSPS) is 11.9. The predicted octanol–water partition coefficient (Wildman–Crippen LogP) is 5.56. The number of rotatable bonds is 11. The molecular formula is C27H30N2O. The number of carbonyl (C=O) groups is 1. The summed E-state index contributed by atoms with van der Waals surface area (Å²) in [5.74, 6) is 3.29. The van der Waals surface area contributed by atoms with Gasteiger partial charge in [-0.05, 0) is 72.2 Å². The Bertz CT molecular complexity index is 1000. The number of aromatic nitrogens is 1. The second-order valence-corrected chi connectivity index (χ2v) is 7.88. The van der Waals surface area contributed by atoms with Gasteiger partial charge >= 0.3 is 0 Å². The van der Waals surface area contributed by atoms with Gasteiger partial charge in [-0.15, -0.1) is 6.42 Å². The maximum absolute atomic E-state index is 11.5. The van der Waals surface area contributed by atoms with E-state index in [1.54, 1.807) is 0 Å². The highest BCUT2D eigenvalue weighted by Crippen LogP contribution is 2.24. The minimum absolute atomic E-state index is 0.615. The molecule has 1 atom stereocenters. The molecule has 3 heteroatoms. The Morgan fingerprint density at radius 2 is 2.07 bits per heavy atom. The Kier molecular flexibility index (Phi) is 8.18. The lowest BCUT2D eigenvalue weighted by atomic mass is 9.93. The molecule has 1 heterocycles. The number of pyridine rings is 1. The molecule has 0 saturated heterocycles. The second kappa shape index (κ2) is 11.3. The first-order valence-corrected chi connectivity index (χ1v) is 10.8. The summed E-state index contributed by atoms with van der Waals surface area (Å²) in [6, 6.07) is 14.3. The summed E-state index contributed by atoms with van der Waals surface area (Å²) >= 11 is 0. The first kappa shape index (κ1) is 21.7. The number of fused-ring (bicyclic) bond motifs is 1. The fraction of sp³-hybridized carbons (Fsp3) is 0.333.